The molecule has 1 fully saturated rings. The molecule has 1 amide bonds. The molecule has 1 aliphatic carbocycles. The molecule has 3 aromatic carbocycles. The van der Waals surface area contributed by atoms with Crippen molar-refractivity contribution in [3.8, 4) is 11.1 Å². The molecule has 1 heterocycles. The summed E-state index contributed by atoms with van der Waals surface area (Å²) in [5.74, 6) is -0.0327. The van der Waals surface area contributed by atoms with Crippen LogP contribution in [0.25, 0.3) is 21.6 Å². The second kappa shape index (κ2) is 12.1. The molecule has 12 heteroatoms. The van der Waals surface area contributed by atoms with Gasteiger partial charge in [0.15, 0.2) is 0 Å². The Kier molecular flexibility index (Phi) is 9.12. The zero-order valence-electron chi connectivity index (χ0n) is 20.9. The second-order valence-corrected chi connectivity index (χ2v) is 9.24. The first-order valence-electron chi connectivity index (χ1n) is 12.1. The van der Waals surface area contributed by atoms with E-state index in [0.29, 0.717) is 31.9 Å². The van der Waals surface area contributed by atoms with Crippen molar-refractivity contribution in [3.63, 3.8) is 0 Å². The summed E-state index contributed by atoms with van der Waals surface area (Å²) in [6.07, 6.45) is -1.47. The Bertz CT molecular complexity index is 1330. The van der Waals surface area contributed by atoms with Gasteiger partial charge in [-0.15, -0.1) is 0 Å². The molecular formula is C26H24BF3KN5O2. The third-order valence-corrected chi connectivity index (χ3v) is 6.83. The van der Waals surface area contributed by atoms with Crippen LogP contribution >= 0.6 is 0 Å². The van der Waals surface area contributed by atoms with Crippen LogP contribution in [-0.2, 0) is 11.1 Å². The Morgan fingerprint density at radius 2 is 1.58 bits per heavy atom. The number of ether oxygens (including phenoxy) is 1. The van der Waals surface area contributed by atoms with E-state index in [1.54, 1.807) is 11.0 Å². The van der Waals surface area contributed by atoms with Crippen LogP contribution in [0.15, 0.2) is 71.8 Å². The molecule has 0 bridgehead atoms. The molecule has 0 radical (unpaired) electrons. The van der Waals surface area contributed by atoms with E-state index in [1.165, 1.54) is 12.1 Å². The number of piperazine rings is 1. The number of fused-ring (bicyclic) bond motifs is 3. The maximum atomic E-state index is 13.0. The number of benzene rings is 3. The Labute approximate surface area is 261 Å². The monoisotopic (exact) mass is 545 g/mol. The van der Waals surface area contributed by atoms with Gasteiger partial charge >= 0.3 is 64.5 Å². The SMILES string of the molecule is [K+].[N-]=[N+]=Nc1cc(C[B-](F)(F)F)cc(N2CCN(C(=O)OCC3c4ccccc4-c4ccccc43)CC2)c1. The predicted octanol–water partition coefficient (Wildman–Crippen LogP) is 3.63. The third kappa shape index (κ3) is 6.39. The molecule has 0 N–H and O–H groups in total. The maximum absolute atomic E-state index is 13.0. The van der Waals surface area contributed by atoms with Gasteiger partial charge in [0.05, 0.1) is 0 Å². The van der Waals surface area contributed by atoms with Crippen molar-refractivity contribution in [2.45, 2.75) is 12.2 Å². The van der Waals surface area contributed by atoms with Gasteiger partial charge in [0.1, 0.15) is 6.61 Å². The largest absolute Gasteiger partial charge is 1.00 e. The van der Waals surface area contributed by atoms with Crippen LogP contribution in [0.1, 0.15) is 22.6 Å². The van der Waals surface area contributed by atoms with Gasteiger partial charge in [0.25, 0.3) is 0 Å². The molecule has 5 rings (SSSR count). The third-order valence-electron chi connectivity index (χ3n) is 6.83. The average molecular weight is 545 g/mol. The van der Waals surface area contributed by atoms with Crippen molar-refractivity contribution in [1.29, 1.82) is 0 Å². The molecular weight excluding hydrogens is 521 g/mol. The summed E-state index contributed by atoms with van der Waals surface area (Å²) in [6, 6.07) is 20.5. The zero-order valence-corrected chi connectivity index (χ0v) is 24.1. The van der Waals surface area contributed by atoms with E-state index in [9.17, 15) is 17.7 Å². The van der Waals surface area contributed by atoms with Crippen LogP contribution in [0.5, 0.6) is 0 Å². The molecule has 38 heavy (non-hydrogen) atoms. The molecule has 3 aromatic rings. The molecule has 7 nitrogen and oxygen atoms in total. The van der Waals surface area contributed by atoms with Crippen LogP contribution in [-0.4, -0.2) is 50.8 Å². The van der Waals surface area contributed by atoms with Gasteiger partial charge in [0.2, 0.25) is 0 Å². The summed E-state index contributed by atoms with van der Waals surface area (Å²) in [6.45, 7) is -3.25. The summed E-state index contributed by atoms with van der Waals surface area (Å²) in [7, 11) is 0. The number of hydrogen-bond donors (Lipinski definition) is 0. The van der Waals surface area contributed by atoms with Gasteiger partial charge < -0.3 is 27.5 Å². The normalized spacial score (nSPS) is 14.7. The number of anilines is 1. The summed E-state index contributed by atoms with van der Waals surface area (Å²) in [5, 5.41) is 3.50. The van der Waals surface area contributed by atoms with Crippen LogP contribution in [0, 0.1) is 0 Å². The van der Waals surface area contributed by atoms with Crippen LogP contribution in [0.2, 0.25) is 0 Å². The number of halogens is 3. The van der Waals surface area contributed by atoms with Crippen LogP contribution < -0.4 is 56.3 Å². The second-order valence-electron chi connectivity index (χ2n) is 9.24. The fourth-order valence-electron chi connectivity index (χ4n) is 5.17. The number of carbonyl (C=O) groups excluding carboxylic acids is 1. The standard InChI is InChI=1S/C26H24BF3N5O2.K/c28-27(29,30)16-18-13-19(32-33-31)15-20(14-18)34-9-11-35(12-10-34)26(36)37-17-25-23-7-3-1-5-21(23)22-6-2-4-8-24(22)25;/h1-8,13-15,25H,9-12,16-17H2;/q-1;+1. The van der Waals surface area contributed by atoms with Crippen molar-refractivity contribution in [2.24, 2.45) is 5.11 Å². The van der Waals surface area contributed by atoms with Crippen LogP contribution in [0.4, 0.5) is 29.1 Å². The quantitative estimate of drug-likeness (QED) is 0.205. The minimum atomic E-state index is -5.03. The van der Waals surface area contributed by atoms with E-state index in [2.05, 4.69) is 34.3 Å². The minimum absolute atomic E-state index is 0. The van der Waals surface area contributed by atoms with Crippen molar-refractivity contribution < 1.29 is 73.9 Å². The molecule has 0 spiro atoms. The van der Waals surface area contributed by atoms with Gasteiger partial charge in [0, 0.05) is 48.4 Å². The number of rotatable bonds is 6. The van der Waals surface area contributed by atoms with E-state index in [4.69, 9.17) is 10.3 Å². The van der Waals surface area contributed by atoms with E-state index in [-0.39, 0.29) is 75.2 Å². The van der Waals surface area contributed by atoms with Gasteiger partial charge in [-0.05, 0) is 39.9 Å². The first kappa shape index (κ1) is 28.5. The first-order chi connectivity index (χ1) is 17.8. The molecule has 0 unspecified atom stereocenters. The number of carbonyl (C=O) groups is 1. The van der Waals surface area contributed by atoms with Crippen molar-refractivity contribution >= 4 is 24.4 Å². The van der Waals surface area contributed by atoms with Gasteiger partial charge in [-0.1, -0.05) is 71.6 Å². The van der Waals surface area contributed by atoms with E-state index >= 15 is 0 Å². The minimum Gasteiger partial charge on any atom is -0.449 e. The Morgan fingerprint density at radius 1 is 0.974 bits per heavy atom. The zero-order chi connectivity index (χ0) is 26.0. The average Bonchev–Trinajstić information content (AvgIpc) is 3.20. The van der Waals surface area contributed by atoms with E-state index < -0.39 is 19.4 Å². The summed E-state index contributed by atoms with van der Waals surface area (Å²) in [5.41, 5.74) is 14.0. The van der Waals surface area contributed by atoms with Gasteiger partial charge in [-0.3, -0.25) is 0 Å². The predicted molar refractivity (Wildman–Crippen MR) is 137 cm³/mol. The smallest absolute Gasteiger partial charge is 0.449 e. The fraction of sp³-hybridized carbons (Fsp3) is 0.269. The number of nitrogens with zero attached hydrogens (tertiary/aromatic N) is 5. The molecule has 0 saturated carbocycles. The van der Waals surface area contributed by atoms with E-state index in [1.807, 2.05) is 29.2 Å². The molecule has 0 atom stereocenters. The molecule has 2 aliphatic rings. The van der Waals surface area contributed by atoms with Crippen molar-refractivity contribution in [3.05, 3.63) is 93.9 Å². The summed E-state index contributed by atoms with van der Waals surface area (Å²) >= 11 is 0. The van der Waals surface area contributed by atoms with Gasteiger partial charge in [-0.25, -0.2) is 4.79 Å². The number of amides is 1. The Balaban J connectivity index is 0.00000336. The maximum Gasteiger partial charge on any atom is 1.00 e. The Morgan fingerprint density at radius 3 is 2.16 bits per heavy atom. The Hall–Kier alpha value is -2.47. The summed E-state index contributed by atoms with van der Waals surface area (Å²) in [4.78, 5) is 19.1. The molecule has 190 valence electrons. The molecule has 1 saturated heterocycles. The first-order valence-corrected chi connectivity index (χ1v) is 12.1. The topological polar surface area (TPSA) is 81.5 Å². The number of hydrogen-bond acceptors (Lipinski definition) is 4. The number of azide groups is 1. The van der Waals surface area contributed by atoms with Crippen molar-refractivity contribution in [2.75, 3.05) is 37.7 Å². The fourth-order valence-corrected chi connectivity index (χ4v) is 5.17. The van der Waals surface area contributed by atoms with Crippen molar-refractivity contribution in [1.82, 2.24) is 4.90 Å². The van der Waals surface area contributed by atoms with Crippen LogP contribution in [0.3, 0.4) is 0 Å². The molecule has 1 aliphatic heterocycles. The summed E-state index contributed by atoms with van der Waals surface area (Å²) < 4.78 is 44.8. The van der Waals surface area contributed by atoms with E-state index in [0.717, 1.165) is 22.3 Å². The van der Waals surface area contributed by atoms with Gasteiger partial charge in [-0.2, -0.15) is 0 Å². The molecule has 0 aromatic heterocycles.